The van der Waals surface area contributed by atoms with Crippen molar-refractivity contribution < 1.29 is 0 Å². The van der Waals surface area contributed by atoms with Crippen LogP contribution < -0.4 is 5.73 Å². The molecule has 0 bridgehead atoms. The summed E-state index contributed by atoms with van der Waals surface area (Å²) in [4.78, 5) is 4.94. The summed E-state index contributed by atoms with van der Waals surface area (Å²) in [6.45, 7) is 0. The van der Waals surface area contributed by atoms with E-state index in [9.17, 15) is 0 Å². The third-order valence-electron chi connectivity index (χ3n) is 5.61. The Bertz CT molecular complexity index is 1120. The Morgan fingerprint density at radius 2 is 1.61 bits per heavy atom. The third kappa shape index (κ3) is 3.16. The Labute approximate surface area is 179 Å². The molecule has 2 aromatic heterocycles. The first-order valence-corrected chi connectivity index (χ1v) is 10.1. The fraction of sp³-hybridized carbons (Fsp3) is 0.174. The van der Waals surface area contributed by atoms with Gasteiger partial charge in [-0.15, -0.1) is 12.4 Å². The van der Waals surface area contributed by atoms with Crippen LogP contribution in [0.15, 0.2) is 77.4 Å². The van der Waals surface area contributed by atoms with E-state index in [0.717, 1.165) is 45.5 Å². The first-order valence-electron chi connectivity index (χ1n) is 9.27. The van der Waals surface area contributed by atoms with Gasteiger partial charge in [0.05, 0.1) is 11.4 Å². The topological polar surface area (TPSA) is 43.3 Å². The van der Waals surface area contributed by atoms with E-state index in [-0.39, 0.29) is 17.9 Å². The van der Waals surface area contributed by atoms with E-state index in [0.29, 0.717) is 0 Å². The van der Waals surface area contributed by atoms with E-state index < -0.39 is 0 Å². The van der Waals surface area contributed by atoms with Gasteiger partial charge in [-0.3, -0.25) is 4.40 Å². The lowest BCUT2D eigenvalue weighted by Gasteiger charge is -2.38. The van der Waals surface area contributed by atoms with Gasteiger partial charge in [0.15, 0.2) is 0 Å². The second-order valence-electron chi connectivity index (χ2n) is 7.34. The summed E-state index contributed by atoms with van der Waals surface area (Å²) in [5, 5.41) is 0. The van der Waals surface area contributed by atoms with Gasteiger partial charge in [-0.05, 0) is 52.9 Å². The van der Waals surface area contributed by atoms with Crippen LogP contribution in [0.1, 0.15) is 24.8 Å². The van der Waals surface area contributed by atoms with Crippen LogP contribution in [0.2, 0.25) is 0 Å². The molecule has 2 aromatic carbocycles. The molecule has 2 heterocycles. The van der Waals surface area contributed by atoms with Crippen molar-refractivity contribution in [3.05, 3.63) is 83.0 Å². The highest BCUT2D eigenvalue weighted by Crippen LogP contribution is 2.40. The molecule has 1 fully saturated rings. The number of nitrogens with zero attached hydrogens (tertiary/aromatic N) is 2. The van der Waals surface area contributed by atoms with Crippen LogP contribution >= 0.6 is 28.3 Å². The minimum absolute atomic E-state index is 0. The molecule has 2 N–H and O–H groups in total. The first kappa shape index (κ1) is 19.2. The Morgan fingerprint density at radius 3 is 2.25 bits per heavy atom. The summed E-state index contributed by atoms with van der Waals surface area (Å²) in [7, 11) is 0. The third-order valence-corrected chi connectivity index (χ3v) is 6.08. The van der Waals surface area contributed by atoms with Crippen LogP contribution in [-0.2, 0) is 5.54 Å². The molecule has 1 saturated carbocycles. The molecule has 0 atom stereocenters. The highest BCUT2D eigenvalue weighted by molar-refractivity contribution is 9.10. The van der Waals surface area contributed by atoms with Gasteiger partial charge in [0.1, 0.15) is 5.65 Å². The number of halogens is 2. The standard InChI is InChI=1S/C23H20BrN3.ClH/c24-19-11-12-20-26-21(22(27(20)15-19)17-5-2-1-3-6-17)16-7-9-18(10-8-16)23(25)13-4-14-23;/h1-3,5-12,15H,4,13-14,25H2;1H. The van der Waals surface area contributed by atoms with Crippen molar-refractivity contribution in [1.29, 1.82) is 0 Å². The minimum Gasteiger partial charge on any atom is -0.321 e. The van der Waals surface area contributed by atoms with Crippen molar-refractivity contribution in [2.24, 2.45) is 5.73 Å². The molecule has 0 spiro atoms. The molecule has 3 nitrogen and oxygen atoms in total. The monoisotopic (exact) mass is 453 g/mol. The fourth-order valence-electron chi connectivity index (χ4n) is 3.90. The summed E-state index contributed by atoms with van der Waals surface area (Å²) in [5.41, 5.74) is 12.9. The van der Waals surface area contributed by atoms with Crippen molar-refractivity contribution in [1.82, 2.24) is 9.38 Å². The lowest BCUT2D eigenvalue weighted by Crippen LogP contribution is -2.43. The molecular weight excluding hydrogens is 434 g/mol. The summed E-state index contributed by atoms with van der Waals surface area (Å²) < 4.78 is 3.18. The van der Waals surface area contributed by atoms with Crippen LogP contribution in [0, 0.1) is 0 Å². The largest absolute Gasteiger partial charge is 0.321 e. The number of nitrogens with two attached hydrogens (primary N) is 1. The number of aromatic nitrogens is 2. The van der Waals surface area contributed by atoms with Gasteiger partial charge in [0.25, 0.3) is 0 Å². The van der Waals surface area contributed by atoms with Gasteiger partial charge < -0.3 is 5.73 Å². The van der Waals surface area contributed by atoms with Crippen LogP contribution in [0.5, 0.6) is 0 Å². The van der Waals surface area contributed by atoms with Gasteiger partial charge in [-0.1, -0.05) is 54.6 Å². The molecule has 1 aliphatic carbocycles. The highest BCUT2D eigenvalue weighted by Gasteiger charge is 2.34. The minimum atomic E-state index is -0.134. The Balaban J connectivity index is 0.00000192. The van der Waals surface area contributed by atoms with Crippen molar-refractivity contribution in [3.8, 4) is 22.5 Å². The lowest BCUT2D eigenvalue weighted by molar-refractivity contribution is 0.253. The van der Waals surface area contributed by atoms with E-state index in [2.05, 4.69) is 75.1 Å². The van der Waals surface area contributed by atoms with Crippen LogP contribution in [-0.4, -0.2) is 9.38 Å². The molecular formula is C23H21BrClN3. The van der Waals surface area contributed by atoms with E-state index >= 15 is 0 Å². The zero-order valence-electron chi connectivity index (χ0n) is 15.3. The van der Waals surface area contributed by atoms with Gasteiger partial charge in [0, 0.05) is 27.3 Å². The van der Waals surface area contributed by atoms with Gasteiger partial charge in [-0.2, -0.15) is 0 Å². The molecule has 0 radical (unpaired) electrons. The van der Waals surface area contributed by atoms with Crippen molar-refractivity contribution >= 4 is 34.0 Å². The average molecular weight is 455 g/mol. The zero-order chi connectivity index (χ0) is 18.4. The van der Waals surface area contributed by atoms with Crippen LogP contribution in [0.4, 0.5) is 0 Å². The number of hydrogen-bond donors (Lipinski definition) is 1. The summed E-state index contributed by atoms with van der Waals surface area (Å²) in [6, 6.07) is 23.1. The fourth-order valence-corrected chi connectivity index (χ4v) is 4.24. The first-order chi connectivity index (χ1) is 13.1. The molecule has 5 heteroatoms. The molecule has 5 rings (SSSR count). The Hall–Kier alpha value is -2.14. The number of fused-ring (bicyclic) bond motifs is 1. The maximum Gasteiger partial charge on any atom is 0.138 e. The second kappa shape index (κ2) is 7.36. The van der Waals surface area contributed by atoms with Crippen molar-refractivity contribution in [2.45, 2.75) is 24.8 Å². The highest BCUT2D eigenvalue weighted by atomic mass is 79.9. The lowest BCUT2D eigenvalue weighted by atomic mass is 9.72. The summed E-state index contributed by atoms with van der Waals surface area (Å²) in [6.07, 6.45) is 5.44. The summed E-state index contributed by atoms with van der Waals surface area (Å²) >= 11 is 3.59. The van der Waals surface area contributed by atoms with Gasteiger partial charge >= 0.3 is 0 Å². The molecule has 0 amide bonds. The number of benzene rings is 2. The molecule has 142 valence electrons. The second-order valence-corrected chi connectivity index (χ2v) is 8.25. The molecule has 0 unspecified atom stereocenters. The number of imidazole rings is 1. The van der Waals surface area contributed by atoms with E-state index in [1.807, 2.05) is 18.2 Å². The maximum atomic E-state index is 6.49. The Kier molecular flexibility index (Phi) is 5.04. The van der Waals surface area contributed by atoms with Gasteiger partial charge in [-0.25, -0.2) is 4.98 Å². The molecule has 0 saturated heterocycles. The quantitative estimate of drug-likeness (QED) is 0.401. The number of pyridine rings is 1. The predicted molar refractivity (Wildman–Crippen MR) is 121 cm³/mol. The van der Waals surface area contributed by atoms with E-state index in [4.69, 9.17) is 10.7 Å². The maximum absolute atomic E-state index is 6.49. The van der Waals surface area contributed by atoms with E-state index in [1.54, 1.807) is 0 Å². The van der Waals surface area contributed by atoms with Crippen LogP contribution in [0.25, 0.3) is 28.2 Å². The summed E-state index contributed by atoms with van der Waals surface area (Å²) in [5.74, 6) is 0. The zero-order valence-corrected chi connectivity index (χ0v) is 17.7. The smallest absolute Gasteiger partial charge is 0.138 e. The van der Waals surface area contributed by atoms with E-state index in [1.165, 1.54) is 12.0 Å². The van der Waals surface area contributed by atoms with Crippen molar-refractivity contribution in [2.75, 3.05) is 0 Å². The predicted octanol–water partition coefficient (Wildman–Crippen LogP) is 6.19. The number of hydrogen-bond acceptors (Lipinski definition) is 2. The van der Waals surface area contributed by atoms with Crippen LogP contribution in [0.3, 0.4) is 0 Å². The average Bonchev–Trinajstić information content (AvgIpc) is 3.05. The molecule has 1 aliphatic rings. The van der Waals surface area contributed by atoms with Gasteiger partial charge in [0.2, 0.25) is 0 Å². The van der Waals surface area contributed by atoms with Crippen molar-refractivity contribution in [3.63, 3.8) is 0 Å². The SMILES string of the molecule is Cl.NC1(c2ccc(-c3nc4ccc(Br)cn4c3-c3ccccc3)cc2)CCC1. The molecule has 28 heavy (non-hydrogen) atoms. The normalized spacial score (nSPS) is 15.1. The number of rotatable bonds is 3. The molecule has 0 aliphatic heterocycles. The Morgan fingerprint density at radius 1 is 0.893 bits per heavy atom. The molecule has 4 aromatic rings.